The second-order valence-corrected chi connectivity index (χ2v) is 8.05. The molecule has 2 aromatic rings. The van der Waals surface area contributed by atoms with Gasteiger partial charge in [-0.3, -0.25) is 4.79 Å². The number of hydrogen-bond donors (Lipinski definition) is 1. The van der Waals surface area contributed by atoms with Gasteiger partial charge >= 0.3 is 0 Å². The first-order valence-electron chi connectivity index (χ1n) is 7.48. The van der Waals surface area contributed by atoms with E-state index in [9.17, 15) is 13.2 Å². The molecule has 1 aliphatic rings. The molecule has 1 saturated heterocycles. The molecular weight excluding hydrogens is 318 g/mol. The quantitative estimate of drug-likeness (QED) is 0.898. The maximum atomic E-state index is 12.4. The number of para-hydroxylation sites is 1. The zero-order chi connectivity index (χ0) is 16.4. The number of methoxy groups -OCH3 is 1. The van der Waals surface area contributed by atoms with Gasteiger partial charge in [0.05, 0.1) is 18.1 Å². The van der Waals surface area contributed by atoms with E-state index in [0.29, 0.717) is 24.1 Å². The predicted molar refractivity (Wildman–Crippen MR) is 86.0 cm³/mol. The van der Waals surface area contributed by atoms with Gasteiger partial charge in [0.1, 0.15) is 5.58 Å². The van der Waals surface area contributed by atoms with E-state index in [1.54, 1.807) is 13.2 Å². The van der Waals surface area contributed by atoms with E-state index in [4.69, 9.17) is 9.15 Å². The first-order chi connectivity index (χ1) is 11.0. The van der Waals surface area contributed by atoms with Crippen molar-refractivity contribution in [2.75, 3.05) is 25.2 Å². The summed E-state index contributed by atoms with van der Waals surface area (Å²) in [6.07, 6.45) is 0.591. The number of carbonyl (C=O) groups excluding carboxylic acids is 1. The van der Waals surface area contributed by atoms with Crippen molar-refractivity contribution in [1.82, 2.24) is 5.32 Å². The van der Waals surface area contributed by atoms with Crippen LogP contribution in [0.5, 0.6) is 0 Å². The van der Waals surface area contributed by atoms with Crippen LogP contribution in [-0.2, 0) is 21.2 Å². The number of furan rings is 1. The van der Waals surface area contributed by atoms with E-state index in [1.807, 2.05) is 18.2 Å². The maximum Gasteiger partial charge on any atom is 0.287 e. The molecule has 1 aromatic carbocycles. The van der Waals surface area contributed by atoms with Gasteiger partial charge in [-0.1, -0.05) is 18.2 Å². The molecule has 3 rings (SSSR count). The third-order valence-electron chi connectivity index (χ3n) is 4.07. The smallest absolute Gasteiger partial charge is 0.287 e. The number of sulfone groups is 1. The van der Waals surface area contributed by atoms with E-state index in [-0.39, 0.29) is 35.7 Å². The van der Waals surface area contributed by atoms with Crippen molar-refractivity contribution in [3.05, 3.63) is 35.6 Å². The number of amides is 1. The molecule has 1 fully saturated rings. The molecule has 124 valence electrons. The summed E-state index contributed by atoms with van der Waals surface area (Å²) in [4.78, 5) is 12.4. The number of hydrogen-bond acceptors (Lipinski definition) is 5. The van der Waals surface area contributed by atoms with Gasteiger partial charge in [-0.2, -0.15) is 0 Å². The standard InChI is InChI=1S/C16H19NO5S/c1-21-9-13-12-4-2-3-5-14(12)22-15(13)16(18)17-8-11-6-7-23(19,20)10-11/h2-5,11H,6-10H2,1H3,(H,17,18)/t11-/m0/s1. The molecule has 1 amide bonds. The first kappa shape index (κ1) is 16.0. The van der Waals surface area contributed by atoms with Crippen LogP contribution in [0.2, 0.25) is 0 Å². The van der Waals surface area contributed by atoms with Crippen molar-refractivity contribution in [3.8, 4) is 0 Å². The van der Waals surface area contributed by atoms with Crippen molar-refractivity contribution in [3.63, 3.8) is 0 Å². The molecule has 1 aliphatic heterocycles. The van der Waals surface area contributed by atoms with Gasteiger partial charge < -0.3 is 14.5 Å². The Kier molecular flexibility index (Phi) is 4.41. The van der Waals surface area contributed by atoms with E-state index < -0.39 is 9.84 Å². The number of rotatable bonds is 5. The molecule has 1 aromatic heterocycles. The van der Waals surface area contributed by atoms with Crippen molar-refractivity contribution in [1.29, 1.82) is 0 Å². The second kappa shape index (κ2) is 6.33. The fourth-order valence-corrected chi connectivity index (χ4v) is 4.78. The zero-order valence-corrected chi connectivity index (χ0v) is 13.7. The molecular formula is C16H19NO5S. The van der Waals surface area contributed by atoms with Crippen LogP contribution in [0.3, 0.4) is 0 Å². The Morgan fingerprint density at radius 3 is 2.87 bits per heavy atom. The van der Waals surface area contributed by atoms with Crippen molar-refractivity contribution in [2.45, 2.75) is 13.0 Å². The third kappa shape index (κ3) is 3.40. The lowest BCUT2D eigenvalue weighted by atomic mass is 10.1. The van der Waals surface area contributed by atoms with Crippen LogP contribution in [0.1, 0.15) is 22.5 Å². The minimum atomic E-state index is -2.94. The number of benzene rings is 1. The second-order valence-electron chi connectivity index (χ2n) is 5.82. The van der Waals surface area contributed by atoms with E-state index in [1.165, 1.54) is 0 Å². The van der Waals surface area contributed by atoms with Crippen LogP contribution in [0, 0.1) is 5.92 Å². The molecule has 1 N–H and O–H groups in total. The summed E-state index contributed by atoms with van der Waals surface area (Å²) in [5.74, 6) is 0.205. The number of ether oxygens (including phenoxy) is 1. The van der Waals surface area contributed by atoms with Crippen molar-refractivity contribution < 1.29 is 22.4 Å². The summed E-state index contributed by atoms with van der Waals surface area (Å²) < 4.78 is 33.8. The lowest BCUT2D eigenvalue weighted by Crippen LogP contribution is -2.30. The molecule has 7 heteroatoms. The van der Waals surface area contributed by atoms with Gasteiger partial charge in [-0.05, 0) is 18.4 Å². The molecule has 23 heavy (non-hydrogen) atoms. The van der Waals surface area contributed by atoms with E-state index in [0.717, 1.165) is 5.39 Å². The van der Waals surface area contributed by atoms with Crippen molar-refractivity contribution in [2.24, 2.45) is 5.92 Å². The molecule has 0 aliphatic carbocycles. The third-order valence-corrected chi connectivity index (χ3v) is 5.91. The summed E-state index contributed by atoms with van der Waals surface area (Å²) in [5, 5.41) is 3.64. The van der Waals surface area contributed by atoms with E-state index >= 15 is 0 Å². The highest BCUT2D eigenvalue weighted by Crippen LogP contribution is 2.26. The van der Waals surface area contributed by atoms with Crippen LogP contribution in [0.25, 0.3) is 11.0 Å². The minimum Gasteiger partial charge on any atom is -0.451 e. The van der Waals surface area contributed by atoms with Crippen LogP contribution in [-0.4, -0.2) is 39.5 Å². The first-order valence-corrected chi connectivity index (χ1v) is 9.30. The Labute approximate surface area is 134 Å². The molecule has 6 nitrogen and oxygen atoms in total. The van der Waals surface area contributed by atoms with Gasteiger partial charge in [0.15, 0.2) is 15.6 Å². The topological polar surface area (TPSA) is 85.6 Å². The highest BCUT2D eigenvalue weighted by Gasteiger charge is 2.29. The molecule has 0 saturated carbocycles. The average molecular weight is 337 g/mol. The van der Waals surface area contributed by atoms with Gasteiger partial charge in [0.2, 0.25) is 0 Å². The normalized spacial score (nSPS) is 20.0. The number of nitrogens with one attached hydrogen (secondary N) is 1. The summed E-state index contributed by atoms with van der Waals surface area (Å²) in [6, 6.07) is 7.40. The SMILES string of the molecule is COCc1c(C(=O)NC[C@@H]2CCS(=O)(=O)C2)oc2ccccc12. The average Bonchev–Trinajstić information content (AvgIpc) is 3.06. The van der Waals surface area contributed by atoms with Crippen LogP contribution in [0.4, 0.5) is 0 Å². The summed E-state index contributed by atoms with van der Waals surface area (Å²) >= 11 is 0. The number of carbonyl (C=O) groups is 1. The van der Waals surface area contributed by atoms with E-state index in [2.05, 4.69) is 5.32 Å². The Balaban J connectivity index is 1.76. The molecule has 0 unspecified atom stereocenters. The lowest BCUT2D eigenvalue weighted by molar-refractivity contribution is 0.0916. The molecule has 0 bridgehead atoms. The monoisotopic (exact) mass is 337 g/mol. The maximum absolute atomic E-state index is 12.4. The van der Waals surface area contributed by atoms with Gasteiger partial charge in [-0.25, -0.2) is 8.42 Å². The Hall–Kier alpha value is -1.86. The van der Waals surface area contributed by atoms with Gasteiger partial charge in [0, 0.05) is 24.6 Å². The summed E-state index contributed by atoms with van der Waals surface area (Å²) in [6.45, 7) is 0.610. The highest BCUT2D eigenvalue weighted by molar-refractivity contribution is 7.91. The molecule has 0 radical (unpaired) electrons. The minimum absolute atomic E-state index is 0.0285. The fourth-order valence-electron chi connectivity index (χ4n) is 2.92. The van der Waals surface area contributed by atoms with Gasteiger partial charge in [0.25, 0.3) is 5.91 Å². The van der Waals surface area contributed by atoms with Crippen LogP contribution < -0.4 is 5.32 Å². The predicted octanol–water partition coefficient (Wildman–Crippen LogP) is 1.74. The Morgan fingerprint density at radius 1 is 1.39 bits per heavy atom. The number of fused-ring (bicyclic) bond motifs is 1. The van der Waals surface area contributed by atoms with Crippen molar-refractivity contribution >= 4 is 26.7 Å². The van der Waals surface area contributed by atoms with Crippen LogP contribution in [0.15, 0.2) is 28.7 Å². The summed E-state index contributed by atoms with van der Waals surface area (Å²) in [7, 11) is -1.38. The molecule has 1 atom stereocenters. The zero-order valence-electron chi connectivity index (χ0n) is 12.9. The Morgan fingerprint density at radius 2 is 2.17 bits per heavy atom. The summed E-state index contributed by atoms with van der Waals surface area (Å²) in [5.41, 5.74) is 1.34. The molecule has 0 spiro atoms. The largest absolute Gasteiger partial charge is 0.451 e. The Bertz CT molecular complexity index is 824. The highest BCUT2D eigenvalue weighted by atomic mass is 32.2. The van der Waals surface area contributed by atoms with Gasteiger partial charge in [-0.15, -0.1) is 0 Å². The lowest BCUT2D eigenvalue weighted by Gasteiger charge is -2.09. The fraction of sp³-hybridized carbons (Fsp3) is 0.438. The molecule has 2 heterocycles. The van der Waals surface area contributed by atoms with Crippen LogP contribution >= 0.6 is 0 Å².